The predicted molar refractivity (Wildman–Crippen MR) is 90.2 cm³/mol. The lowest BCUT2D eigenvalue weighted by molar-refractivity contribution is 0.0527. The molecular formula is C16H24N2O2S. The van der Waals surface area contributed by atoms with E-state index in [0.29, 0.717) is 22.6 Å². The number of nitrogens with zero attached hydrogens (tertiary/aromatic N) is 1. The van der Waals surface area contributed by atoms with E-state index in [1.807, 2.05) is 23.9 Å². The minimum atomic E-state index is -0.346. The fourth-order valence-corrected chi connectivity index (χ4v) is 3.50. The Morgan fingerprint density at radius 1 is 1.43 bits per heavy atom. The Hall–Kier alpha value is -1.36. The highest BCUT2D eigenvalue weighted by atomic mass is 32.2. The summed E-state index contributed by atoms with van der Waals surface area (Å²) >= 11 is 2.00. The molecule has 0 spiro atoms. The summed E-state index contributed by atoms with van der Waals surface area (Å²) in [6, 6.07) is 5.64. The maximum atomic E-state index is 11.9. The van der Waals surface area contributed by atoms with Crippen LogP contribution in [-0.2, 0) is 4.74 Å². The lowest BCUT2D eigenvalue weighted by Gasteiger charge is -2.25. The number of thioether (sulfide) groups is 1. The number of ether oxygens (including phenoxy) is 1. The summed E-state index contributed by atoms with van der Waals surface area (Å²) in [5.41, 5.74) is 7.88. The zero-order valence-corrected chi connectivity index (χ0v) is 13.8. The van der Waals surface area contributed by atoms with Crippen molar-refractivity contribution in [2.75, 3.05) is 36.1 Å². The molecular weight excluding hydrogens is 284 g/mol. The molecule has 1 aliphatic heterocycles. The smallest absolute Gasteiger partial charge is 0.340 e. The molecule has 116 valence electrons. The van der Waals surface area contributed by atoms with Crippen LogP contribution in [0.2, 0.25) is 0 Å². The Labute approximate surface area is 131 Å². The summed E-state index contributed by atoms with van der Waals surface area (Å²) in [5.74, 6) is 0.743. The molecule has 0 aromatic heterocycles. The first kappa shape index (κ1) is 16.0. The minimum Gasteiger partial charge on any atom is -0.462 e. The van der Waals surface area contributed by atoms with Gasteiger partial charge >= 0.3 is 5.97 Å². The summed E-state index contributed by atoms with van der Waals surface area (Å²) in [6.45, 7) is 8.71. The Bertz CT molecular complexity index is 517. The van der Waals surface area contributed by atoms with Gasteiger partial charge in [0.1, 0.15) is 0 Å². The van der Waals surface area contributed by atoms with E-state index in [2.05, 4.69) is 18.7 Å². The topological polar surface area (TPSA) is 55.6 Å². The van der Waals surface area contributed by atoms with Crippen LogP contribution in [0.15, 0.2) is 18.2 Å². The molecule has 2 rings (SSSR count). The van der Waals surface area contributed by atoms with Crippen molar-refractivity contribution in [1.82, 2.24) is 0 Å². The van der Waals surface area contributed by atoms with E-state index >= 15 is 0 Å². The molecule has 0 amide bonds. The number of nitrogens with two attached hydrogens (primary N) is 1. The third-order valence-corrected chi connectivity index (χ3v) is 5.11. The van der Waals surface area contributed by atoms with E-state index in [0.717, 1.165) is 31.0 Å². The maximum absolute atomic E-state index is 11.9. The van der Waals surface area contributed by atoms with Crippen molar-refractivity contribution in [2.24, 2.45) is 0 Å². The van der Waals surface area contributed by atoms with E-state index in [1.165, 1.54) is 0 Å². The van der Waals surface area contributed by atoms with E-state index in [-0.39, 0.29) is 5.97 Å². The molecule has 0 bridgehead atoms. The molecule has 0 saturated carbocycles. The molecule has 1 saturated heterocycles. The van der Waals surface area contributed by atoms with E-state index in [9.17, 15) is 4.79 Å². The molecule has 0 radical (unpaired) electrons. The van der Waals surface area contributed by atoms with Crippen molar-refractivity contribution in [1.29, 1.82) is 0 Å². The summed E-state index contributed by atoms with van der Waals surface area (Å²) in [7, 11) is 0. The zero-order chi connectivity index (χ0) is 15.5. The van der Waals surface area contributed by atoms with Crippen LogP contribution in [0.5, 0.6) is 0 Å². The quantitative estimate of drug-likeness (QED) is 0.686. The van der Waals surface area contributed by atoms with Crippen molar-refractivity contribution in [3.05, 3.63) is 23.8 Å². The summed E-state index contributed by atoms with van der Waals surface area (Å²) < 4.78 is 5.38. The molecule has 21 heavy (non-hydrogen) atoms. The number of rotatable bonds is 3. The van der Waals surface area contributed by atoms with Gasteiger partial charge in [0.25, 0.3) is 0 Å². The molecule has 0 atom stereocenters. The van der Waals surface area contributed by atoms with Crippen molar-refractivity contribution in [3.63, 3.8) is 0 Å². The highest BCUT2D eigenvalue weighted by Crippen LogP contribution is 2.33. The fraction of sp³-hybridized carbons (Fsp3) is 0.562. The Morgan fingerprint density at radius 3 is 2.90 bits per heavy atom. The fourth-order valence-electron chi connectivity index (χ4n) is 2.41. The van der Waals surface area contributed by atoms with Crippen LogP contribution in [0, 0.1) is 0 Å². The Morgan fingerprint density at radius 2 is 2.19 bits per heavy atom. The molecule has 2 N–H and O–H groups in total. The van der Waals surface area contributed by atoms with Gasteiger partial charge in [-0.05, 0) is 31.5 Å². The first-order valence-corrected chi connectivity index (χ1v) is 8.37. The monoisotopic (exact) mass is 308 g/mol. The maximum Gasteiger partial charge on any atom is 0.340 e. The highest BCUT2D eigenvalue weighted by Gasteiger charge is 2.24. The van der Waals surface area contributed by atoms with Crippen LogP contribution in [0.25, 0.3) is 0 Å². The van der Waals surface area contributed by atoms with Crippen molar-refractivity contribution < 1.29 is 9.53 Å². The molecule has 0 unspecified atom stereocenters. The van der Waals surface area contributed by atoms with Crippen LogP contribution in [0.3, 0.4) is 0 Å². The van der Waals surface area contributed by atoms with Gasteiger partial charge in [-0.3, -0.25) is 0 Å². The van der Waals surface area contributed by atoms with Crippen LogP contribution in [0.4, 0.5) is 11.4 Å². The van der Waals surface area contributed by atoms with Gasteiger partial charge in [-0.15, -0.1) is 0 Å². The van der Waals surface area contributed by atoms with E-state index in [1.54, 1.807) is 13.0 Å². The number of benzene rings is 1. The highest BCUT2D eigenvalue weighted by molar-refractivity contribution is 8.00. The zero-order valence-electron chi connectivity index (χ0n) is 13.0. The van der Waals surface area contributed by atoms with Gasteiger partial charge in [0.2, 0.25) is 0 Å². The number of esters is 1. The van der Waals surface area contributed by atoms with Crippen molar-refractivity contribution in [3.8, 4) is 0 Å². The van der Waals surface area contributed by atoms with Crippen molar-refractivity contribution >= 4 is 29.1 Å². The number of nitrogen functional groups attached to an aromatic ring is 1. The molecule has 1 aromatic carbocycles. The Balaban J connectivity index is 2.20. The average molecular weight is 308 g/mol. The second kappa shape index (κ2) is 6.60. The molecule has 1 aromatic rings. The van der Waals surface area contributed by atoms with Gasteiger partial charge in [0, 0.05) is 35.0 Å². The number of hydrogen-bond acceptors (Lipinski definition) is 5. The number of anilines is 2. The second-order valence-corrected chi connectivity index (χ2v) is 7.64. The first-order valence-electron chi connectivity index (χ1n) is 7.38. The van der Waals surface area contributed by atoms with Crippen LogP contribution in [-0.4, -0.2) is 36.2 Å². The van der Waals surface area contributed by atoms with Gasteiger partial charge in [0.05, 0.1) is 12.2 Å². The third kappa shape index (κ3) is 4.06. The summed E-state index contributed by atoms with van der Waals surface area (Å²) in [6.07, 6.45) is 1.12. The Kier molecular flexibility index (Phi) is 5.04. The summed E-state index contributed by atoms with van der Waals surface area (Å²) in [4.78, 5) is 14.3. The largest absolute Gasteiger partial charge is 0.462 e. The molecule has 1 fully saturated rings. The molecule has 4 nitrogen and oxygen atoms in total. The van der Waals surface area contributed by atoms with Gasteiger partial charge < -0.3 is 15.4 Å². The lowest BCUT2D eigenvalue weighted by Crippen LogP contribution is -2.27. The second-order valence-electron chi connectivity index (χ2n) is 5.84. The molecule has 1 heterocycles. The first-order chi connectivity index (χ1) is 9.93. The average Bonchev–Trinajstić information content (AvgIpc) is 2.60. The summed E-state index contributed by atoms with van der Waals surface area (Å²) in [5, 5.41) is 0. The predicted octanol–water partition coefficient (Wildman–Crippen LogP) is 3.17. The van der Waals surface area contributed by atoms with Gasteiger partial charge in [0.15, 0.2) is 0 Å². The lowest BCUT2D eigenvalue weighted by atomic mass is 10.1. The number of hydrogen-bond donors (Lipinski definition) is 1. The number of carbonyl (C=O) groups excluding carboxylic acids is 1. The molecule has 1 aliphatic rings. The van der Waals surface area contributed by atoms with Gasteiger partial charge in [-0.25, -0.2) is 4.79 Å². The normalized spacial score (nSPS) is 18.1. The minimum absolute atomic E-state index is 0.312. The SMILES string of the molecule is CCOC(=O)c1cc(N2CCSC(C)(C)CC2)ccc1N. The van der Waals surface area contributed by atoms with Crippen LogP contribution >= 0.6 is 11.8 Å². The van der Waals surface area contributed by atoms with E-state index in [4.69, 9.17) is 10.5 Å². The van der Waals surface area contributed by atoms with Crippen LogP contribution in [0.1, 0.15) is 37.6 Å². The molecule has 5 heteroatoms. The number of carbonyl (C=O) groups is 1. The van der Waals surface area contributed by atoms with Gasteiger partial charge in [-0.2, -0.15) is 11.8 Å². The molecule has 0 aliphatic carbocycles. The standard InChI is InChI=1S/C16H24N2O2S/c1-4-20-15(19)13-11-12(5-6-14(13)17)18-8-7-16(2,3)21-10-9-18/h5-6,11H,4,7-10,17H2,1-3H3. The van der Waals surface area contributed by atoms with Crippen molar-refractivity contribution in [2.45, 2.75) is 31.9 Å². The van der Waals surface area contributed by atoms with Crippen LogP contribution < -0.4 is 10.6 Å². The van der Waals surface area contributed by atoms with Gasteiger partial charge in [-0.1, -0.05) is 13.8 Å². The van der Waals surface area contributed by atoms with E-state index < -0.39 is 0 Å². The third-order valence-electron chi connectivity index (χ3n) is 3.74.